The van der Waals surface area contributed by atoms with Gasteiger partial charge in [-0.05, 0) is 30.5 Å². The fourth-order valence-corrected chi connectivity index (χ4v) is 2.78. The van der Waals surface area contributed by atoms with Crippen molar-refractivity contribution in [1.29, 1.82) is 0 Å². The SMILES string of the molecule is CS(=O)(=O)N(Cc1ccnc(Cl)n1)C1CC1. The van der Waals surface area contributed by atoms with Crippen molar-refractivity contribution in [1.82, 2.24) is 14.3 Å². The summed E-state index contributed by atoms with van der Waals surface area (Å²) >= 11 is 5.65. The molecule has 0 unspecified atom stereocenters. The number of halogens is 1. The molecule has 0 atom stereocenters. The molecule has 0 spiro atoms. The fourth-order valence-electron chi connectivity index (χ4n) is 1.50. The standard InChI is InChI=1S/C9H12ClN3O2S/c1-16(14,15)13(8-2-3-8)6-7-4-5-11-9(10)12-7/h4-5,8H,2-3,6H2,1H3. The van der Waals surface area contributed by atoms with Crippen LogP contribution in [0.3, 0.4) is 0 Å². The van der Waals surface area contributed by atoms with E-state index in [1.54, 1.807) is 6.07 Å². The van der Waals surface area contributed by atoms with E-state index in [1.165, 1.54) is 16.8 Å². The molecule has 2 rings (SSSR count). The van der Waals surface area contributed by atoms with Gasteiger partial charge in [0.2, 0.25) is 15.3 Å². The predicted octanol–water partition coefficient (Wildman–Crippen LogP) is 1.05. The van der Waals surface area contributed by atoms with Gasteiger partial charge in [-0.3, -0.25) is 0 Å². The van der Waals surface area contributed by atoms with E-state index in [1.807, 2.05) is 0 Å². The summed E-state index contributed by atoms with van der Waals surface area (Å²) in [6.45, 7) is 0.270. The Labute approximate surface area is 99.5 Å². The highest BCUT2D eigenvalue weighted by atomic mass is 35.5. The summed E-state index contributed by atoms with van der Waals surface area (Å²) in [5.74, 6) is 0. The first kappa shape index (κ1) is 11.8. The average Bonchev–Trinajstić information content (AvgIpc) is 2.95. The topological polar surface area (TPSA) is 63.2 Å². The second-order valence-corrected chi connectivity index (χ2v) is 6.13. The first-order valence-corrected chi connectivity index (χ1v) is 7.13. The molecular formula is C9H12ClN3O2S. The maximum Gasteiger partial charge on any atom is 0.222 e. The lowest BCUT2D eigenvalue weighted by molar-refractivity contribution is 0.398. The fraction of sp³-hybridized carbons (Fsp3) is 0.556. The predicted molar refractivity (Wildman–Crippen MR) is 60.5 cm³/mol. The maximum atomic E-state index is 11.6. The Morgan fingerprint density at radius 3 is 2.75 bits per heavy atom. The number of aromatic nitrogens is 2. The molecule has 1 aromatic heterocycles. The van der Waals surface area contributed by atoms with E-state index in [-0.39, 0.29) is 17.9 Å². The van der Waals surface area contributed by atoms with Crippen LogP contribution in [0.2, 0.25) is 5.28 Å². The normalized spacial score (nSPS) is 16.7. The van der Waals surface area contributed by atoms with Crippen LogP contribution in [0.25, 0.3) is 0 Å². The molecular weight excluding hydrogens is 250 g/mol. The lowest BCUT2D eigenvalue weighted by Crippen LogP contribution is -2.31. The summed E-state index contributed by atoms with van der Waals surface area (Å²) in [6.07, 6.45) is 4.59. The van der Waals surface area contributed by atoms with Gasteiger partial charge in [-0.15, -0.1) is 0 Å². The van der Waals surface area contributed by atoms with Crippen LogP contribution in [-0.4, -0.2) is 35.0 Å². The highest BCUT2D eigenvalue weighted by Crippen LogP contribution is 2.30. The summed E-state index contributed by atoms with van der Waals surface area (Å²) in [6, 6.07) is 1.80. The van der Waals surface area contributed by atoms with E-state index in [2.05, 4.69) is 9.97 Å². The Morgan fingerprint density at radius 1 is 1.56 bits per heavy atom. The lowest BCUT2D eigenvalue weighted by atomic mass is 10.4. The van der Waals surface area contributed by atoms with Gasteiger partial charge in [-0.25, -0.2) is 18.4 Å². The highest BCUT2D eigenvalue weighted by Gasteiger charge is 2.35. The van der Waals surface area contributed by atoms with Crippen molar-refractivity contribution < 1.29 is 8.42 Å². The van der Waals surface area contributed by atoms with Crippen LogP contribution in [0.15, 0.2) is 12.3 Å². The van der Waals surface area contributed by atoms with Crippen LogP contribution in [-0.2, 0) is 16.6 Å². The smallest absolute Gasteiger partial charge is 0.222 e. The van der Waals surface area contributed by atoms with Gasteiger partial charge >= 0.3 is 0 Å². The average molecular weight is 262 g/mol. The molecule has 0 saturated heterocycles. The number of nitrogens with zero attached hydrogens (tertiary/aromatic N) is 3. The molecule has 0 bridgehead atoms. The van der Waals surface area contributed by atoms with Gasteiger partial charge in [0.1, 0.15) is 0 Å². The largest absolute Gasteiger partial charge is 0.227 e. The molecule has 0 amide bonds. The van der Waals surface area contributed by atoms with E-state index in [0.29, 0.717) is 5.69 Å². The summed E-state index contributed by atoms with van der Waals surface area (Å²) in [5.41, 5.74) is 0.623. The number of sulfonamides is 1. The molecule has 1 fully saturated rings. The Hall–Kier alpha value is -0.720. The lowest BCUT2D eigenvalue weighted by Gasteiger charge is -2.18. The van der Waals surface area contributed by atoms with Crippen LogP contribution in [0.5, 0.6) is 0 Å². The van der Waals surface area contributed by atoms with Crippen LogP contribution < -0.4 is 0 Å². The molecule has 1 aromatic rings. The molecule has 88 valence electrons. The zero-order chi connectivity index (χ0) is 11.8. The van der Waals surface area contributed by atoms with Crippen molar-refractivity contribution in [3.05, 3.63) is 23.2 Å². The number of hydrogen-bond donors (Lipinski definition) is 0. The van der Waals surface area contributed by atoms with Crippen molar-refractivity contribution in [2.45, 2.75) is 25.4 Å². The zero-order valence-corrected chi connectivity index (χ0v) is 10.4. The van der Waals surface area contributed by atoms with E-state index in [9.17, 15) is 8.42 Å². The monoisotopic (exact) mass is 261 g/mol. The quantitative estimate of drug-likeness (QED) is 0.760. The molecule has 0 radical (unpaired) electrons. The molecule has 1 aliphatic rings. The van der Waals surface area contributed by atoms with Crippen LogP contribution in [0.4, 0.5) is 0 Å². The molecule has 1 aliphatic carbocycles. The van der Waals surface area contributed by atoms with Gasteiger partial charge in [0.15, 0.2) is 0 Å². The van der Waals surface area contributed by atoms with Crippen LogP contribution >= 0.6 is 11.6 Å². The highest BCUT2D eigenvalue weighted by molar-refractivity contribution is 7.88. The Bertz CT molecular complexity index is 487. The van der Waals surface area contributed by atoms with Crippen molar-refractivity contribution >= 4 is 21.6 Å². The van der Waals surface area contributed by atoms with Crippen molar-refractivity contribution in [3.8, 4) is 0 Å². The third kappa shape index (κ3) is 2.90. The second-order valence-electron chi connectivity index (χ2n) is 3.86. The number of rotatable bonds is 4. The summed E-state index contributed by atoms with van der Waals surface area (Å²) < 4.78 is 24.6. The molecule has 7 heteroatoms. The van der Waals surface area contributed by atoms with Gasteiger partial charge in [0, 0.05) is 12.2 Å². The summed E-state index contributed by atoms with van der Waals surface area (Å²) in [4.78, 5) is 7.74. The minimum absolute atomic E-state index is 0.128. The first-order valence-electron chi connectivity index (χ1n) is 4.91. The van der Waals surface area contributed by atoms with Gasteiger partial charge in [-0.1, -0.05) is 0 Å². The molecule has 16 heavy (non-hydrogen) atoms. The van der Waals surface area contributed by atoms with Gasteiger partial charge in [0.25, 0.3) is 0 Å². The minimum Gasteiger partial charge on any atom is -0.227 e. The van der Waals surface area contributed by atoms with Gasteiger partial charge in [0.05, 0.1) is 18.5 Å². The van der Waals surface area contributed by atoms with Crippen LogP contribution in [0.1, 0.15) is 18.5 Å². The third-order valence-electron chi connectivity index (χ3n) is 2.38. The molecule has 0 aliphatic heterocycles. The summed E-state index contributed by atoms with van der Waals surface area (Å²) in [7, 11) is -3.18. The number of hydrogen-bond acceptors (Lipinski definition) is 4. The Balaban J connectivity index is 2.18. The van der Waals surface area contributed by atoms with E-state index in [4.69, 9.17) is 11.6 Å². The minimum atomic E-state index is -3.18. The van der Waals surface area contributed by atoms with E-state index in [0.717, 1.165) is 12.8 Å². The Morgan fingerprint density at radius 2 is 2.25 bits per heavy atom. The zero-order valence-electron chi connectivity index (χ0n) is 8.80. The van der Waals surface area contributed by atoms with E-state index < -0.39 is 10.0 Å². The first-order chi connectivity index (χ1) is 7.47. The third-order valence-corrected chi connectivity index (χ3v) is 3.84. The van der Waals surface area contributed by atoms with Gasteiger partial charge in [-0.2, -0.15) is 4.31 Å². The van der Waals surface area contributed by atoms with E-state index >= 15 is 0 Å². The van der Waals surface area contributed by atoms with Crippen molar-refractivity contribution in [3.63, 3.8) is 0 Å². The van der Waals surface area contributed by atoms with Crippen molar-refractivity contribution in [2.75, 3.05) is 6.26 Å². The molecule has 1 heterocycles. The van der Waals surface area contributed by atoms with Gasteiger partial charge < -0.3 is 0 Å². The maximum absolute atomic E-state index is 11.6. The van der Waals surface area contributed by atoms with Crippen LogP contribution in [0, 0.1) is 0 Å². The molecule has 1 saturated carbocycles. The van der Waals surface area contributed by atoms with Crippen molar-refractivity contribution in [2.24, 2.45) is 0 Å². The molecule has 5 nitrogen and oxygen atoms in total. The molecule has 0 N–H and O–H groups in total. The molecule has 0 aromatic carbocycles. The second kappa shape index (κ2) is 4.27. The Kier molecular flexibility index (Phi) is 3.14. The summed E-state index contributed by atoms with van der Waals surface area (Å²) in [5, 5.41) is 0.141.